The lowest BCUT2D eigenvalue weighted by Gasteiger charge is -2.20. The van der Waals surface area contributed by atoms with Crippen molar-refractivity contribution in [3.63, 3.8) is 0 Å². The number of hydrogen-bond acceptors (Lipinski definition) is 4. The number of methoxy groups -OCH3 is 1. The van der Waals surface area contributed by atoms with E-state index in [1.165, 1.54) is 6.07 Å². The molecule has 0 aliphatic carbocycles. The zero-order valence-corrected chi connectivity index (χ0v) is 12.1. The maximum Gasteiger partial charge on any atom is 0.165 e. The van der Waals surface area contributed by atoms with E-state index in [0.29, 0.717) is 13.2 Å². The van der Waals surface area contributed by atoms with Gasteiger partial charge in [0.15, 0.2) is 11.6 Å². The Morgan fingerprint density at radius 1 is 1.30 bits per heavy atom. The molecular weight excluding hydrogens is 261 g/mol. The second kappa shape index (κ2) is 9.69. The van der Waals surface area contributed by atoms with Gasteiger partial charge < -0.3 is 19.9 Å². The van der Waals surface area contributed by atoms with E-state index >= 15 is 0 Å². The lowest BCUT2D eigenvalue weighted by Crippen LogP contribution is -2.40. The molecule has 2 unspecified atom stereocenters. The maximum absolute atomic E-state index is 13.3. The summed E-state index contributed by atoms with van der Waals surface area (Å²) < 4.78 is 23.7. The minimum absolute atomic E-state index is 0.0553. The summed E-state index contributed by atoms with van der Waals surface area (Å²) in [7, 11) is 1.65. The lowest BCUT2D eigenvalue weighted by atomic mass is 10.2. The average molecular weight is 285 g/mol. The summed E-state index contributed by atoms with van der Waals surface area (Å²) in [6, 6.07) is 6.38. The molecule has 1 aromatic carbocycles. The molecule has 0 heterocycles. The van der Waals surface area contributed by atoms with Crippen molar-refractivity contribution < 1.29 is 19.0 Å². The number of aliphatic hydroxyl groups is 1. The van der Waals surface area contributed by atoms with E-state index in [-0.39, 0.29) is 18.4 Å². The summed E-state index contributed by atoms with van der Waals surface area (Å²) in [4.78, 5) is 0. The predicted octanol–water partition coefficient (Wildman–Crippen LogP) is 1.97. The highest BCUT2D eigenvalue weighted by molar-refractivity contribution is 5.23. The Morgan fingerprint density at radius 2 is 2.05 bits per heavy atom. The van der Waals surface area contributed by atoms with Gasteiger partial charge in [0.2, 0.25) is 0 Å². The number of ether oxygens (including phenoxy) is 2. The Morgan fingerprint density at radius 3 is 2.70 bits per heavy atom. The molecule has 20 heavy (non-hydrogen) atoms. The van der Waals surface area contributed by atoms with Crippen LogP contribution in [-0.2, 0) is 4.74 Å². The van der Waals surface area contributed by atoms with Gasteiger partial charge in [-0.15, -0.1) is 0 Å². The van der Waals surface area contributed by atoms with Gasteiger partial charge in [-0.1, -0.05) is 25.5 Å². The van der Waals surface area contributed by atoms with E-state index in [4.69, 9.17) is 9.47 Å². The first-order valence-electron chi connectivity index (χ1n) is 6.95. The molecule has 2 atom stereocenters. The van der Waals surface area contributed by atoms with Crippen molar-refractivity contribution >= 4 is 0 Å². The SMILES string of the molecule is CCCC(COC)NCC(O)COc1ccccc1F. The second-order valence-electron chi connectivity index (χ2n) is 4.74. The van der Waals surface area contributed by atoms with Crippen molar-refractivity contribution in [3.05, 3.63) is 30.1 Å². The third kappa shape index (κ3) is 6.32. The van der Waals surface area contributed by atoms with Gasteiger partial charge in [-0.3, -0.25) is 0 Å². The third-order valence-electron chi connectivity index (χ3n) is 2.92. The van der Waals surface area contributed by atoms with Crippen LogP contribution >= 0.6 is 0 Å². The first-order valence-corrected chi connectivity index (χ1v) is 6.95. The molecule has 0 saturated carbocycles. The number of aliphatic hydroxyl groups excluding tert-OH is 1. The predicted molar refractivity (Wildman–Crippen MR) is 76.5 cm³/mol. The number of hydrogen-bond donors (Lipinski definition) is 2. The Hall–Kier alpha value is -1.17. The Bertz CT molecular complexity index is 370. The first kappa shape index (κ1) is 16.9. The third-order valence-corrected chi connectivity index (χ3v) is 2.92. The summed E-state index contributed by atoms with van der Waals surface area (Å²) in [5.74, 6) is -0.260. The van der Waals surface area contributed by atoms with Crippen LogP contribution in [-0.4, -0.2) is 44.1 Å². The molecule has 0 amide bonds. The molecule has 2 N–H and O–H groups in total. The van der Waals surface area contributed by atoms with Crippen molar-refractivity contribution in [2.24, 2.45) is 0 Å². The van der Waals surface area contributed by atoms with E-state index in [2.05, 4.69) is 12.2 Å². The lowest BCUT2D eigenvalue weighted by molar-refractivity contribution is 0.0929. The molecule has 0 radical (unpaired) electrons. The zero-order valence-electron chi connectivity index (χ0n) is 12.1. The molecule has 114 valence electrons. The molecule has 0 aromatic heterocycles. The Kier molecular flexibility index (Phi) is 8.18. The van der Waals surface area contributed by atoms with Crippen LogP contribution < -0.4 is 10.1 Å². The number of halogens is 1. The van der Waals surface area contributed by atoms with Crippen LogP contribution in [0.3, 0.4) is 0 Å². The average Bonchev–Trinajstić information content (AvgIpc) is 2.44. The Labute approximate surface area is 119 Å². The molecular formula is C15H24FNO3. The number of para-hydroxylation sites is 1. The number of rotatable bonds is 10. The van der Waals surface area contributed by atoms with Gasteiger partial charge in [-0.05, 0) is 18.6 Å². The van der Waals surface area contributed by atoms with E-state index in [1.54, 1.807) is 25.3 Å². The monoisotopic (exact) mass is 285 g/mol. The second-order valence-corrected chi connectivity index (χ2v) is 4.74. The zero-order chi connectivity index (χ0) is 14.8. The summed E-state index contributed by atoms with van der Waals surface area (Å²) in [6.07, 6.45) is 1.34. The minimum Gasteiger partial charge on any atom is -0.488 e. The van der Waals surface area contributed by atoms with Crippen LogP contribution in [0.2, 0.25) is 0 Å². The molecule has 1 aromatic rings. The first-order chi connectivity index (χ1) is 9.67. The molecule has 4 nitrogen and oxygen atoms in total. The molecule has 0 fully saturated rings. The highest BCUT2D eigenvalue weighted by Gasteiger charge is 2.11. The largest absolute Gasteiger partial charge is 0.488 e. The van der Waals surface area contributed by atoms with Crippen LogP contribution in [0.5, 0.6) is 5.75 Å². The van der Waals surface area contributed by atoms with Gasteiger partial charge in [0.25, 0.3) is 0 Å². The highest BCUT2D eigenvalue weighted by Crippen LogP contribution is 2.15. The maximum atomic E-state index is 13.3. The van der Waals surface area contributed by atoms with Crippen LogP contribution in [0.4, 0.5) is 4.39 Å². The Balaban J connectivity index is 2.29. The normalized spacial score (nSPS) is 14.0. The molecule has 1 rings (SSSR count). The minimum atomic E-state index is -0.689. The van der Waals surface area contributed by atoms with Crippen molar-refractivity contribution in [1.82, 2.24) is 5.32 Å². The van der Waals surface area contributed by atoms with Gasteiger partial charge in [0.05, 0.1) is 6.61 Å². The highest BCUT2D eigenvalue weighted by atomic mass is 19.1. The molecule has 0 spiro atoms. The summed E-state index contributed by atoms with van der Waals surface area (Å²) in [5, 5.41) is 13.1. The topological polar surface area (TPSA) is 50.7 Å². The molecule has 5 heteroatoms. The van der Waals surface area contributed by atoms with E-state index < -0.39 is 11.9 Å². The van der Waals surface area contributed by atoms with Crippen LogP contribution in [0, 0.1) is 5.82 Å². The van der Waals surface area contributed by atoms with Crippen LogP contribution in [0.1, 0.15) is 19.8 Å². The fourth-order valence-corrected chi connectivity index (χ4v) is 1.90. The van der Waals surface area contributed by atoms with Crippen molar-refractivity contribution in [3.8, 4) is 5.75 Å². The standard InChI is InChI=1S/C15H24FNO3/c1-3-6-12(10-19-2)17-9-13(18)11-20-15-8-5-4-7-14(15)16/h4-5,7-8,12-13,17-18H,3,6,9-11H2,1-2H3. The molecule has 0 bridgehead atoms. The van der Waals surface area contributed by atoms with Crippen LogP contribution in [0.25, 0.3) is 0 Å². The molecule has 0 saturated heterocycles. The molecule has 0 aliphatic rings. The van der Waals surface area contributed by atoms with Crippen LogP contribution in [0.15, 0.2) is 24.3 Å². The van der Waals surface area contributed by atoms with Crippen molar-refractivity contribution in [2.45, 2.75) is 31.9 Å². The molecule has 0 aliphatic heterocycles. The van der Waals surface area contributed by atoms with E-state index in [9.17, 15) is 9.50 Å². The summed E-state index contributed by atoms with van der Waals surface area (Å²) >= 11 is 0. The quantitative estimate of drug-likeness (QED) is 0.690. The smallest absolute Gasteiger partial charge is 0.165 e. The summed E-state index contributed by atoms with van der Waals surface area (Å²) in [5.41, 5.74) is 0. The van der Waals surface area contributed by atoms with Gasteiger partial charge in [0, 0.05) is 19.7 Å². The van der Waals surface area contributed by atoms with Crippen molar-refractivity contribution in [1.29, 1.82) is 0 Å². The van der Waals surface area contributed by atoms with E-state index in [0.717, 1.165) is 12.8 Å². The summed E-state index contributed by atoms with van der Waals surface area (Å²) in [6.45, 7) is 3.15. The van der Waals surface area contributed by atoms with Gasteiger partial charge in [-0.25, -0.2) is 4.39 Å². The van der Waals surface area contributed by atoms with E-state index in [1.807, 2.05) is 0 Å². The van der Waals surface area contributed by atoms with Gasteiger partial charge >= 0.3 is 0 Å². The fourth-order valence-electron chi connectivity index (χ4n) is 1.90. The number of nitrogens with one attached hydrogen (secondary N) is 1. The van der Waals surface area contributed by atoms with Gasteiger partial charge in [-0.2, -0.15) is 0 Å². The van der Waals surface area contributed by atoms with Crippen molar-refractivity contribution in [2.75, 3.05) is 26.9 Å². The fraction of sp³-hybridized carbons (Fsp3) is 0.600. The number of benzene rings is 1. The van der Waals surface area contributed by atoms with Gasteiger partial charge in [0.1, 0.15) is 12.7 Å².